The number of hydrogen-bond donors (Lipinski definition) is 0. The lowest BCUT2D eigenvalue weighted by Gasteiger charge is -2.06. The zero-order valence-electron chi connectivity index (χ0n) is 15.2. The molecule has 6 rings (SSSR count). The molecular formula is C21H13N5OS2. The summed E-state index contributed by atoms with van der Waals surface area (Å²) in [5.41, 5.74) is 3.84. The molecule has 0 aliphatic heterocycles. The Kier molecular flexibility index (Phi) is 3.62. The number of rotatable bonds is 3. The Morgan fingerprint density at radius 1 is 1.00 bits per heavy atom. The second-order valence-corrected chi connectivity index (χ2v) is 8.47. The van der Waals surface area contributed by atoms with Gasteiger partial charge in [-0.15, -0.1) is 21.5 Å². The molecule has 29 heavy (non-hydrogen) atoms. The maximum Gasteiger partial charge on any atom is 0.235 e. The number of pyridine rings is 1. The molecule has 0 radical (unpaired) electrons. The van der Waals surface area contributed by atoms with Crippen molar-refractivity contribution in [3.05, 3.63) is 65.9 Å². The lowest BCUT2D eigenvalue weighted by Crippen LogP contribution is -1.92. The van der Waals surface area contributed by atoms with Gasteiger partial charge in [-0.3, -0.25) is 0 Å². The molecule has 5 aromatic heterocycles. The molecule has 1 aromatic carbocycles. The lowest BCUT2D eigenvalue weighted by molar-refractivity contribution is 0.535. The van der Waals surface area contributed by atoms with Crippen molar-refractivity contribution in [3.8, 4) is 32.5 Å². The highest BCUT2D eigenvalue weighted by molar-refractivity contribution is 7.20. The van der Waals surface area contributed by atoms with Gasteiger partial charge in [-0.25, -0.2) is 4.98 Å². The first kappa shape index (κ1) is 16.6. The van der Waals surface area contributed by atoms with E-state index in [2.05, 4.69) is 33.8 Å². The molecule has 6 nitrogen and oxygen atoms in total. The molecule has 0 amide bonds. The summed E-state index contributed by atoms with van der Waals surface area (Å²) in [7, 11) is 0. The largest absolute Gasteiger partial charge is 0.469 e. The predicted octanol–water partition coefficient (Wildman–Crippen LogP) is 5.70. The van der Waals surface area contributed by atoms with Crippen LogP contribution in [0.15, 0.2) is 64.6 Å². The van der Waals surface area contributed by atoms with Crippen LogP contribution in [-0.2, 0) is 0 Å². The minimum atomic E-state index is 0.686. The van der Waals surface area contributed by atoms with Crippen LogP contribution in [0.1, 0.15) is 5.76 Å². The number of aromatic nitrogens is 5. The average Bonchev–Trinajstić information content (AvgIpc) is 3.52. The molecule has 0 spiro atoms. The summed E-state index contributed by atoms with van der Waals surface area (Å²) in [6.45, 7) is 1.91. The highest BCUT2D eigenvalue weighted by Crippen LogP contribution is 2.36. The molecule has 0 saturated heterocycles. The highest BCUT2D eigenvalue weighted by Gasteiger charge is 2.19. The number of hydrogen-bond acceptors (Lipinski definition) is 7. The molecular weight excluding hydrogens is 402 g/mol. The topological polar surface area (TPSA) is 69.1 Å². The summed E-state index contributed by atoms with van der Waals surface area (Å²) >= 11 is 3.20. The van der Waals surface area contributed by atoms with Crippen LogP contribution in [0.5, 0.6) is 0 Å². The van der Waals surface area contributed by atoms with Gasteiger partial charge < -0.3 is 4.42 Å². The minimum Gasteiger partial charge on any atom is -0.469 e. The third kappa shape index (κ3) is 2.60. The van der Waals surface area contributed by atoms with E-state index in [1.54, 1.807) is 22.1 Å². The lowest BCUT2D eigenvalue weighted by atomic mass is 10.1. The van der Waals surface area contributed by atoms with Crippen LogP contribution in [0.25, 0.3) is 48.4 Å². The molecule has 0 saturated carbocycles. The highest BCUT2D eigenvalue weighted by atomic mass is 32.1. The number of aryl methyl sites for hydroxylation is 1. The Morgan fingerprint density at radius 3 is 2.76 bits per heavy atom. The quantitative estimate of drug-likeness (QED) is 0.371. The van der Waals surface area contributed by atoms with Crippen molar-refractivity contribution in [1.82, 2.24) is 24.8 Å². The average molecular weight is 416 g/mol. The van der Waals surface area contributed by atoms with Crippen molar-refractivity contribution in [2.45, 2.75) is 6.92 Å². The second-order valence-electron chi connectivity index (χ2n) is 6.57. The van der Waals surface area contributed by atoms with Gasteiger partial charge in [-0.1, -0.05) is 35.6 Å². The summed E-state index contributed by atoms with van der Waals surface area (Å²) in [4.78, 5) is 6.73. The maximum absolute atomic E-state index is 5.43. The zero-order valence-corrected chi connectivity index (χ0v) is 16.9. The van der Waals surface area contributed by atoms with Gasteiger partial charge in [0.05, 0.1) is 27.9 Å². The van der Waals surface area contributed by atoms with Crippen LogP contribution in [0, 0.1) is 6.92 Å². The van der Waals surface area contributed by atoms with Gasteiger partial charge in [0.1, 0.15) is 10.8 Å². The van der Waals surface area contributed by atoms with E-state index in [0.29, 0.717) is 5.82 Å². The van der Waals surface area contributed by atoms with E-state index in [0.717, 1.165) is 48.3 Å². The normalized spacial score (nSPS) is 11.6. The number of furan rings is 1. The van der Waals surface area contributed by atoms with E-state index in [1.807, 2.05) is 37.3 Å². The molecule has 0 atom stereocenters. The molecule has 0 aliphatic rings. The van der Waals surface area contributed by atoms with Crippen LogP contribution >= 0.6 is 22.7 Å². The molecule has 0 N–H and O–H groups in total. The zero-order chi connectivity index (χ0) is 19.4. The van der Waals surface area contributed by atoms with Crippen LogP contribution in [0.2, 0.25) is 0 Å². The summed E-state index contributed by atoms with van der Waals surface area (Å²) in [5, 5.41) is 17.5. The number of para-hydroxylation sites is 1. The van der Waals surface area contributed by atoms with Gasteiger partial charge in [0.25, 0.3) is 0 Å². The fourth-order valence-electron chi connectivity index (χ4n) is 3.41. The van der Waals surface area contributed by atoms with Gasteiger partial charge in [0, 0.05) is 10.9 Å². The third-order valence-electron chi connectivity index (χ3n) is 4.81. The molecule has 0 unspecified atom stereocenters. The Labute approximate surface area is 173 Å². The standard InChI is InChI=1S/C21H13N5OS2/c1-12-13(8-9-27-12)19-23-24-21-26(19)25-20(29-21)15-11-17(18-7-4-10-28-18)22-16-6-3-2-5-14(15)16/h2-11H,1H3. The van der Waals surface area contributed by atoms with Gasteiger partial charge >= 0.3 is 0 Å². The van der Waals surface area contributed by atoms with E-state index in [9.17, 15) is 0 Å². The predicted molar refractivity (Wildman–Crippen MR) is 115 cm³/mol. The molecule has 8 heteroatoms. The van der Waals surface area contributed by atoms with Crippen molar-refractivity contribution in [2.75, 3.05) is 0 Å². The van der Waals surface area contributed by atoms with E-state index in [-0.39, 0.29) is 0 Å². The summed E-state index contributed by atoms with van der Waals surface area (Å²) in [6, 6.07) is 16.3. The summed E-state index contributed by atoms with van der Waals surface area (Å²) in [6.07, 6.45) is 1.66. The van der Waals surface area contributed by atoms with Crippen LogP contribution in [0.4, 0.5) is 0 Å². The third-order valence-corrected chi connectivity index (χ3v) is 6.64. The van der Waals surface area contributed by atoms with E-state index >= 15 is 0 Å². The Balaban J connectivity index is 1.59. The van der Waals surface area contributed by atoms with E-state index in [1.165, 1.54) is 11.3 Å². The molecule has 0 aliphatic carbocycles. The van der Waals surface area contributed by atoms with Crippen molar-refractivity contribution in [1.29, 1.82) is 0 Å². The van der Waals surface area contributed by atoms with Crippen molar-refractivity contribution in [3.63, 3.8) is 0 Å². The van der Waals surface area contributed by atoms with Crippen molar-refractivity contribution in [2.24, 2.45) is 0 Å². The molecule has 6 aromatic rings. The summed E-state index contributed by atoms with van der Waals surface area (Å²) in [5.74, 6) is 1.48. The van der Waals surface area contributed by atoms with E-state index < -0.39 is 0 Å². The Bertz CT molecular complexity index is 1480. The Hall–Kier alpha value is -3.36. The van der Waals surface area contributed by atoms with Crippen LogP contribution in [-0.4, -0.2) is 24.8 Å². The van der Waals surface area contributed by atoms with Crippen molar-refractivity contribution < 1.29 is 4.42 Å². The summed E-state index contributed by atoms with van der Waals surface area (Å²) < 4.78 is 7.22. The fraction of sp³-hybridized carbons (Fsp3) is 0.0476. The van der Waals surface area contributed by atoms with Gasteiger partial charge in [-0.2, -0.15) is 9.61 Å². The first-order valence-corrected chi connectivity index (χ1v) is 10.7. The van der Waals surface area contributed by atoms with Gasteiger partial charge in [0.2, 0.25) is 4.96 Å². The van der Waals surface area contributed by atoms with Crippen LogP contribution < -0.4 is 0 Å². The fourth-order valence-corrected chi connectivity index (χ4v) is 4.97. The molecule has 0 bridgehead atoms. The van der Waals surface area contributed by atoms with Gasteiger partial charge in [-0.05, 0) is 36.6 Å². The van der Waals surface area contributed by atoms with Crippen molar-refractivity contribution >= 4 is 38.5 Å². The molecule has 0 fully saturated rings. The minimum absolute atomic E-state index is 0.686. The molecule has 140 valence electrons. The van der Waals surface area contributed by atoms with E-state index in [4.69, 9.17) is 14.5 Å². The second kappa shape index (κ2) is 6.33. The number of fused-ring (bicyclic) bond motifs is 2. The smallest absolute Gasteiger partial charge is 0.235 e. The number of nitrogens with zero attached hydrogens (tertiary/aromatic N) is 5. The van der Waals surface area contributed by atoms with Gasteiger partial charge in [0.15, 0.2) is 5.82 Å². The SMILES string of the molecule is Cc1occc1-c1nnc2sc(-c3cc(-c4cccs4)nc4ccccc34)nn12. The molecule has 5 heterocycles. The first-order valence-electron chi connectivity index (χ1n) is 8.99. The van der Waals surface area contributed by atoms with Crippen LogP contribution in [0.3, 0.4) is 0 Å². The first-order chi connectivity index (χ1) is 14.3. The maximum atomic E-state index is 5.43. The number of thiophene rings is 1. The monoisotopic (exact) mass is 415 g/mol. The Morgan fingerprint density at radius 2 is 1.93 bits per heavy atom. The number of benzene rings is 1.